The lowest BCUT2D eigenvalue weighted by Gasteiger charge is -2.21. The van der Waals surface area contributed by atoms with Crippen LogP contribution in [-0.4, -0.2) is 54.7 Å². The highest BCUT2D eigenvalue weighted by Gasteiger charge is 2.25. The Bertz CT molecular complexity index is 439. The number of likely N-dealkylation sites (N-methyl/N-ethyl adjacent to an activating group) is 1. The molecule has 0 aromatic carbocycles. The molecule has 1 unspecified atom stereocenters. The molecule has 0 aliphatic carbocycles. The maximum Gasteiger partial charge on any atom is 0.158 e. The number of hydrogen-bond donors (Lipinski definition) is 2. The van der Waals surface area contributed by atoms with Crippen molar-refractivity contribution in [2.75, 3.05) is 44.1 Å². The van der Waals surface area contributed by atoms with Gasteiger partial charge in [-0.3, -0.25) is 0 Å². The number of nitrogens with zero attached hydrogens (tertiary/aromatic N) is 4. The third-order valence-electron chi connectivity index (χ3n) is 3.56. The number of rotatable bonds is 6. The van der Waals surface area contributed by atoms with Gasteiger partial charge in [0.25, 0.3) is 0 Å². The molecule has 1 fully saturated rings. The van der Waals surface area contributed by atoms with E-state index >= 15 is 0 Å². The molecule has 0 bridgehead atoms. The van der Waals surface area contributed by atoms with E-state index in [2.05, 4.69) is 39.3 Å². The lowest BCUT2D eigenvalue weighted by atomic mass is 10.2. The van der Waals surface area contributed by atoms with E-state index < -0.39 is 0 Å². The summed E-state index contributed by atoms with van der Waals surface area (Å²) in [5.74, 6) is 7.67. The number of ether oxygens (including phenoxy) is 1. The molecule has 3 N–H and O–H groups in total. The summed E-state index contributed by atoms with van der Waals surface area (Å²) in [4.78, 5) is 13.4. The third kappa shape index (κ3) is 3.56. The van der Waals surface area contributed by atoms with Crippen LogP contribution < -0.4 is 16.2 Å². The van der Waals surface area contributed by atoms with Gasteiger partial charge in [0.2, 0.25) is 0 Å². The second-order valence-corrected chi connectivity index (χ2v) is 5.16. The summed E-state index contributed by atoms with van der Waals surface area (Å²) in [6.07, 6.45) is 1.14. The highest BCUT2D eigenvalue weighted by atomic mass is 16.5. The van der Waals surface area contributed by atoms with Crippen molar-refractivity contribution >= 4 is 11.6 Å². The zero-order chi connectivity index (χ0) is 14.5. The predicted molar refractivity (Wildman–Crippen MR) is 79.5 cm³/mol. The zero-order valence-electron chi connectivity index (χ0n) is 12.5. The molecule has 0 saturated carbocycles. The Morgan fingerprint density at radius 3 is 2.90 bits per heavy atom. The second-order valence-electron chi connectivity index (χ2n) is 5.16. The molecule has 2 heterocycles. The number of hydrazine groups is 1. The fraction of sp³-hybridized carbons (Fsp3) is 0.692. The normalized spacial score (nSPS) is 18.9. The molecule has 1 saturated heterocycles. The lowest BCUT2D eigenvalue weighted by molar-refractivity contribution is 0.128. The van der Waals surface area contributed by atoms with Crippen molar-refractivity contribution in [1.82, 2.24) is 14.9 Å². The van der Waals surface area contributed by atoms with Crippen molar-refractivity contribution in [2.24, 2.45) is 5.84 Å². The average Bonchev–Trinajstić information content (AvgIpc) is 2.94. The molecule has 1 aromatic rings. The fourth-order valence-corrected chi connectivity index (χ4v) is 2.35. The molecule has 1 atom stereocenters. The molecular weight excluding hydrogens is 256 g/mol. The van der Waals surface area contributed by atoms with Gasteiger partial charge in [-0.25, -0.2) is 15.8 Å². The van der Waals surface area contributed by atoms with E-state index in [0.717, 1.165) is 25.3 Å². The fourth-order valence-electron chi connectivity index (χ4n) is 2.35. The monoisotopic (exact) mass is 280 g/mol. The van der Waals surface area contributed by atoms with E-state index in [4.69, 9.17) is 10.6 Å². The molecule has 112 valence electrons. The van der Waals surface area contributed by atoms with E-state index in [-0.39, 0.29) is 0 Å². The molecule has 20 heavy (non-hydrogen) atoms. The Kier molecular flexibility index (Phi) is 5.11. The van der Waals surface area contributed by atoms with E-state index in [9.17, 15) is 0 Å². The van der Waals surface area contributed by atoms with Crippen molar-refractivity contribution in [1.29, 1.82) is 0 Å². The SMILES string of the molecule is CCOCc1nc(NN)cc(N2CCC(N(C)C)C2)n1. The van der Waals surface area contributed by atoms with Gasteiger partial charge in [-0.05, 0) is 27.4 Å². The van der Waals surface area contributed by atoms with Crippen LogP contribution in [0.2, 0.25) is 0 Å². The minimum atomic E-state index is 0.407. The first-order valence-electron chi connectivity index (χ1n) is 6.97. The smallest absolute Gasteiger partial charge is 0.158 e. The van der Waals surface area contributed by atoms with Crippen LogP contribution in [0.25, 0.3) is 0 Å². The quantitative estimate of drug-likeness (QED) is 0.578. The standard InChI is InChI=1S/C13H24N6O/c1-4-20-9-12-15-11(17-14)7-13(16-12)19-6-5-10(8-19)18(2)3/h7,10H,4-6,8-9,14H2,1-3H3,(H,15,16,17). The highest BCUT2D eigenvalue weighted by Crippen LogP contribution is 2.22. The Labute approximate surface area is 120 Å². The minimum absolute atomic E-state index is 0.407. The van der Waals surface area contributed by atoms with Crippen LogP contribution in [0.15, 0.2) is 6.07 Å². The molecular formula is C13H24N6O. The first-order valence-corrected chi connectivity index (χ1v) is 6.97. The maximum absolute atomic E-state index is 5.48. The Morgan fingerprint density at radius 1 is 1.50 bits per heavy atom. The highest BCUT2D eigenvalue weighted by molar-refractivity contribution is 5.49. The predicted octanol–water partition coefficient (Wildman–Crippen LogP) is 0.439. The van der Waals surface area contributed by atoms with Crippen LogP contribution in [0.3, 0.4) is 0 Å². The summed E-state index contributed by atoms with van der Waals surface area (Å²) in [5, 5.41) is 0. The van der Waals surface area contributed by atoms with Crippen LogP contribution in [0.5, 0.6) is 0 Å². The van der Waals surface area contributed by atoms with Crippen LogP contribution in [0, 0.1) is 0 Å². The summed E-state index contributed by atoms with van der Waals surface area (Å²) in [7, 11) is 4.23. The van der Waals surface area contributed by atoms with E-state index in [1.807, 2.05) is 13.0 Å². The number of nitrogen functional groups attached to an aromatic ring is 1. The number of hydrogen-bond acceptors (Lipinski definition) is 7. The van der Waals surface area contributed by atoms with Gasteiger partial charge in [0.05, 0.1) is 0 Å². The van der Waals surface area contributed by atoms with Crippen molar-refractivity contribution in [2.45, 2.75) is 26.0 Å². The molecule has 1 aliphatic rings. The van der Waals surface area contributed by atoms with Crippen molar-refractivity contribution in [3.05, 3.63) is 11.9 Å². The van der Waals surface area contributed by atoms with Crippen molar-refractivity contribution in [3.8, 4) is 0 Å². The molecule has 2 rings (SSSR count). The molecule has 7 heteroatoms. The summed E-state index contributed by atoms with van der Waals surface area (Å²) in [5.41, 5.74) is 2.60. The number of aromatic nitrogens is 2. The first-order chi connectivity index (χ1) is 9.63. The van der Waals surface area contributed by atoms with Crippen LogP contribution in [-0.2, 0) is 11.3 Å². The maximum atomic E-state index is 5.48. The summed E-state index contributed by atoms with van der Waals surface area (Å²) in [6.45, 7) is 4.98. The van der Waals surface area contributed by atoms with E-state index in [1.54, 1.807) is 0 Å². The first kappa shape index (κ1) is 15.0. The van der Waals surface area contributed by atoms with Gasteiger partial charge in [-0.15, -0.1) is 0 Å². The number of nitrogens with two attached hydrogens (primary N) is 1. The van der Waals surface area contributed by atoms with Gasteiger partial charge in [-0.1, -0.05) is 0 Å². The van der Waals surface area contributed by atoms with Crippen molar-refractivity contribution < 1.29 is 4.74 Å². The van der Waals surface area contributed by atoms with Gasteiger partial charge >= 0.3 is 0 Å². The molecule has 7 nitrogen and oxygen atoms in total. The third-order valence-corrected chi connectivity index (χ3v) is 3.56. The van der Waals surface area contributed by atoms with Crippen LogP contribution in [0.4, 0.5) is 11.6 Å². The van der Waals surface area contributed by atoms with Crippen molar-refractivity contribution in [3.63, 3.8) is 0 Å². The summed E-state index contributed by atoms with van der Waals surface area (Å²) in [6, 6.07) is 2.45. The summed E-state index contributed by atoms with van der Waals surface area (Å²) < 4.78 is 5.38. The lowest BCUT2D eigenvalue weighted by Crippen LogP contribution is -2.32. The van der Waals surface area contributed by atoms with Gasteiger partial charge < -0.3 is 20.0 Å². The van der Waals surface area contributed by atoms with E-state index in [1.165, 1.54) is 0 Å². The molecule has 1 aromatic heterocycles. The van der Waals surface area contributed by atoms with Gasteiger partial charge in [0.15, 0.2) is 5.82 Å². The van der Waals surface area contributed by atoms with E-state index in [0.29, 0.717) is 30.9 Å². The number of anilines is 2. The van der Waals surface area contributed by atoms with Gasteiger partial charge in [0.1, 0.15) is 18.2 Å². The minimum Gasteiger partial charge on any atom is -0.374 e. The molecule has 0 radical (unpaired) electrons. The number of nitrogens with one attached hydrogen (secondary N) is 1. The Hall–Kier alpha value is -1.44. The molecule has 1 aliphatic heterocycles. The molecule has 0 spiro atoms. The van der Waals surface area contributed by atoms with Gasteiger partial charge in [-0.2, -0.15) is 0 Å². The van der Waals surface area contributed by atoms with Crippen LogP contribution in [0.1, 0.15) is 19.2 Å². The average molecular weight is 280 g/mol. The van der Waals surface area contributed by atoms with Gasteiger partial charge in [0, 0.05) is 31.8 Å². The van der Waals surface area contributed by atoms with Crippen LogP contribution >= 0.6 is 0 Å². The molecule has 0 amide bonds. The zero-order valence-corrected chi connectivity index (χ0v) is 12.5. The second kappa shape index (κ2) is 6.83. The Morgan fingerprint density at radius 2 is 2.30 bits per heavy atom. The Balaban J connectivity index is 2.14. The topological polar surface area (TPSA) is 79.5 Å². The largest absolute Gasteiger partial charge is 0.374 e. The summed E-state index contributed by atoms with van der Waals surface area (Å²) >= 11 is 0.